The molecule has 3 aromatic carbocycles. The molecule has 0 saturated carbocycles. The molecular weight excluding hydrogens is 344 g/mol. The van der Waals surface area contributed by atoms with Crippen molar-refractivity contribution in [3.63, 3.8) is 0 Å². The minimum Gasteiger partial charge on any atom is -0.386 e. The fourth-order valence-electron chi connectivity index (χ4n) is 3.08. The van der Waals surface area contributed by atoms with Gasteiger partial charge in [-0.25, -0.2) is 9.59 Å². The highest BCUT2D eigenvalue weighted by molar-refractivity contribution is 7.86. The van der Waals surface area contributed by atoms with Crippen LogP contribution in [0.15, 0.2) is 59.5 Å². The van der Waals surface area contributed by atoms with Gasteiger partial charge in [0, 0.05) is 10.8 Å². The minimum absolute atomic E-state index is 0.0785. The molecule has 25 heavy (non-hydrogen) atoms. The molecule has 3 aromatic rings. The summed E-state index contributed by atoms with van der Waals surface area (Å²) in [4.78, 5) is 24.1. The fourth-order valence-corrected chi connectivity index (χ4v) is 3.76. The Morgan fingerprint density at radius 1 is 0.800 bits per heavy atom. The van der Waals surface area contributed by atoms with E-state index in [2.05, 4.69) is 0 Å². The fraction of sp³-hybridized carbons (Fsp3) is 0. The van der Waals surface area contributed by atoms with Crippen molar-refractivity contribution in [1.29, 1.82) is 0 Å². The Morgan fingerprint density at radius 2 is 1.48 bits per heavy atom. The molecule has 0 unspecified atom stereocenters. The first-order valence-corrected chi connectivity index (χ1v) is 8.71. The summed E-state index contributed by atoms with van der Waals surface area (Å²) < 4.78 is 37.5. The molecule has 1 aliphatic rings. The standard InChI is InChI=1S/C18H10O6S/c19-17-13-8-9-14(25(21,22)23)12-7-6-11(10-4-2-1-3-5-10)16(15(12)13)18(20)24-17/h1-9H,(H,21,22,23). The lowest BCUT2D eigenvalue weighted by Crippen LogP contribution is -2.21. The van der Waals surface area contributed by atoms with Crippen molar-refractivity contribution >= 4 is 32.8 Å². The van der Waals surface area contributed by atoms with Gasteiger partial charge < -0.3 is 4.74 Å². The van der Waals surface area contributed by atoms with E-state index >= 15 is 0 Å². The van der Waals surface area contributed by atoms with Crippen LogP contribution >= 0.6 is 0 Å². The van der Waals surface area contributed by atoms with Crippen molar-refractivity contribution in [2.75, 3.05) is 0 Å². The summed E-state index contributed by atoms with van der Waals surface area (Å²) in [6.07, 6.45) is 0. The number of esters is 2. The summed E-state index contributed by atoms with van der Waals surface area (Å²) in [5.74, 6) is -1.70. The third-order valence-corrected chi connectivity index (χ3v) is 5.03. The van der Waals surface area contributed by atoms with E-state index in [1.54, 1.807) is 30.3 Å². The summed E-state index contributed by atoms with van der Waals surface area (Å²) >= 11 is 0. The van der Waals surface area contributed by atoms with Crippen LogP contribution in [0.2, 0.25) is 0 Å². The maximum Gasteiger partial charge on any atom is 0.347 e. The van der Waals surface area contributed by atoms with Crippen LogP contribution in [0.1, 0.15) is 20.7 Å². The third kappa shape index (κ3) is 2.33. The third-order valence-electron chi connectivity index (χ3n) is 4.11. The molecule has 0 bridgehead atoms. The monoisotopic (exact) mass is 354 g/mol. The van der Waals surface area contributed by atoms with Crippen LogP contribution in [0.5, 0.6) is 0 Å². The van der Waals surface area contributed by atoms with Gasteiger partial charge in [-0.05, 0) is 23.3 Å². The molecular formula is C18H10O6S. The summed E-state index contributed by atoms with van der Waals surface area (Å²) in [5, 5.41) is 0.261. The Balaban J connectivity index is 2.20. The van der Waals surface area contributed by atoms with Crippen LogP contribution in [-0.2, 0) is 14.9 Å². The van der Waals surface area contributed by atoms with E-state index in [0.29, 0.717) is 11.1 Å². The summed E-state index contributed by atoms with van der Waals surface area (Å²) in [7, 11) is -4.52. The molecule has 1 N–H and O–H groups in total. The number of hydrogen-bond donors (Lipinski definition) is 1. The van der Waals surface area contributed by atoms with E-state index in [1.165, 1.54) is 12.1 Å². The summed E-state index contributed by atoms with van der Waals surface area (Å²) in [6.45, 7) is 0. The number of rotatable bonds is 2. The summed E-state index contributed by atoms with van der Waals surface area (Å²) in [6, 6.07) is 14.4. The van der Waals surface area contributed by atoms with Crippen LogP contribution in [0.3, 0.4) is 0 Å². The van der Waals surface area contributed by atoms with Crippen molar-refractivity contribution in [3.05, 3.63) is 65.7 Å². The lowest BCUT2D eigenvalue weighted by Gasteiger charge is -2.19. The smallest absolute Gasteiger partial charge is 0.347 e. The first kappa shape index (κ1) is 15.5. The van der Waals surface area contributed by atoms with Crippen molar-refractivity contribution in [3.8, 4) is 11.1 Å². The van der Waals surface area contributed by atoms with E-state index in [-0.39, 0.29) is 26.8 Å². The molecule has 0 fully saturated rings. The molecule has 0 saturated heterocycles. The van der Waals surface area contributed by atoms with Gasteiger partial charge in [-0.15, -0.1) is 0 Å². The maximum atomic E-state index is 12.4. The van der Waals surface area contributed by atoms with Gasteiger partial charge in [0.25, 0.3) is 10.1 Å². The van der Waals surface area contributed by atoms with Gasteiger partial charge in [0.1, 0.15) is 4.90 Å². The van der Waals surface area contributed by atoms with E-state index in [1.807, 2.05) is 6.07 Å². The first-order valence-electron chi connectivity index (χ1n) is 7.27. The van der Waals surface area contributed by atoms with Gasteiger partial charge in [-0.2, -0.15) is 8.42 Å². The highest BCUT2D eigenvalue weighted by Crippen LogP contribution is 2.38. The molecule has 6 nitrogen and oxygen atoms in total. The topological polar surface area (TPSA) is 97.7 Å². The molecule has 7 heteroatoms. The Morgan fingerprint density at radius 3 is 2.16 bits per heavy atom. The number of hydrogen-bond acceptors (Lipinski definition) is 5. The van der Waals surface area contributed by atoms with E-state index < -0.39 is 22.1 Å². The molecule has 124 valence electrons. The SMILES string of the molecule is O=C1OC(=O)c2c(-c3ccccc3)ccc3c(S(=O)(=O)O)ccc1c23. The zero-order valence-corrected chi connectivity index (χ0v) is 13.4. The number of carbonyl (C=O) groups excluding carboxylic acids is 2. The Labute approximate surface area is 142 Å². The lowest BCUT2D eigenvalue weighted by atomic mass is 9.90. The van der Waals surface area contributed by atoms with Gasteiger partial charge in [-0.3, -0.25) is 4.55 Å². The Bertz CT molecular complexity index is 1160. The van der Waals surface area contributed by atoms with Gasteiger partial charge in [0.05, 0.1) is 11.1 Å². The Hall–Kier alpha value is -3.03. The normalized spacial score (nSPS) is 13.8. The average molecular weight is 354 g/mol. The molecule has 4 rings (SSSR count). The van der Waals surface area contributed by atoms with Crippen molar-refractivity contribution in [2.24, 2.45) is 0 Å². The molecule has 1 aliphatic heterocycles. The number of benzene rings is 3. The van der Waals surface area contributed by atoms with Gasteiger partial charge in [-0.1, -0.05) is 42.5 Å². The van der Waals surface area contributed by atoms with E-state index in [0.717, 1.165) is 6.07 Å². The predicted octanol–water partition coefficient (Wildman–Crippen LogP) is 3.06. The lowest BCUT2D eigenvalue weighted by molar-refractivity contribution is 0.0391. The molecule has 0 atom stereocenters. The molecule has 0 aliphatic carbocycles. The largest absolute Gasteiger partial charge is 0.386 e. The quantitative estimate of drug-likeness (QED) is 0.431. The van der Waals surface area contributed by atoms with Crippen LogP contribution in [0.25, 0.3) is 21.9 Å². The number of cyclic esters (lactones) is 2. The summed E-state index contributed by atoms with van der Waals surface area (Å²) in [5.41, 5.74) is 1.41. The second-order valence-electron chi connectivity index (χ2n) is 5.54. The van der Waals surface area contributed by atoms with Gasteiger partial charge in [0.15, 0.2) is 0 Å². The second-order valence-corrected chi connectivity index (χ2v) is 6.93. The molecule has 0 radical (unpaired) electrons. The van der Waals surface area contributed by atoms with Crippen LogP contribution < -0.4 is 0 Å². The molecule has 0 amide bonds. The zero-order chi connectivity index (χ0) is 17.8. The maximum absolute atomic E-state index is 12.4. The van der Waals surface area contributed by atoms with Crippen molar-refractivity contribution < 1.29 is 27.3 Å². The van der Waals surface area contributed by atoms with Crippen molar-refractivity contribution in [2.45, 2.75) is 4.90 Å². The van der Waals surface area contributed by atoms with Gasteiger partial charge >= 0.3 is 11.9 Å². The predicted molar refractivity (Wildman–Crippen MR) is 88.9 cm³/mol. The van der Waals surface area contributed by atoms with E-state index in [4.69, 9.17) is 4.74 Å². The van der Waals surface area contributed by atoms with Gasteiger partial charge in [0.2, 0.25) is 0 Å². The number of carbonyl (C=O) groups is 2. The van der Waals surface area contributed by atoms with E-state index in [9.17, 15) is 22.6 Å². The minimum atomic E-state index is -4.52. The zero-order valence-electron chi connectivity index (χ0n) is 12.6. The Kier molecular flexibility index (Phi) is 3.24. The van der Waals surface area contributed by atoms with Crippen molar-refractivity contribution in [1.82, 2.24) is 0 Å². The highest BCUT2D eigenvalue weighted by atomic mass is 32.2. The second kappa shape index (κ2) is 5.23. The van der Waals surface area contributed by atoms with Crippen LogP contribution in [-0.4, -0.2) is 24.9 Å². The molecule has 0 aromatic heterocycles. The molecule has 1 heterocycles. The first-order chi connectivity index (χ1) is 11.9. The number of ether oxygens (including phenoxy) is 1. The van der Waals surface area contributed by atoms with Crippen LogP contribution in [0.4, 0.5) is 0 Å². The van der Waals surface area contributed by atoms with Crippen LogP contribution in [0, 0.1) is 0 Å². The average Bonchev–Trinajstić information content (AvgIpc) is 2.58. The molecule has 0 spiro atoms. The highest BCUT2D eigenvalue weighted by Gasteiger charge is 2.32.